The molecule has 1 fully saturated rings. The lowest BCUT2D eigenvalue weighted by atomic mass is 10.0. The van der Waals surface area contributed by atoms with Gasteiger partial charge in [-0.15, -0.1) is 0 Å². The molecule has 1 saturated heterocycles. The summed E-state index contributed by atoms with van der Waals surface area (Å²) in [6.07, 6.45) is 5.65. The van der Waals surface area contributed by atoms with Gasteiger partial charge in [-0.2, -0.15) is 0 Å². The van der Waals surface area contributed by atoms with Crippen molar-refractivity contribution in [1.82, 2.24) is 14.3 Å². The van der Waals surface area contributed by atoms with Crippen LogP contribution in [-0.2, 0) is 13.1 Å². The third-order valence-electron chi connectivity index (χ3n) is 5.46. The molecule has 140 valence electrons. The summed E-state index contributed by atoms with van der Waals surface area (Å²) in [5, 5.41) is 3.34. The van der Waals surface area contributed by atoms with Crippen molar-refractivity contribution in [3.05, 3.63) is 76.2 Å². The minimum absolute atomic E-state index is 0.0708. The minimum Gasteiger partial charge on any atom is -0.366 e. The van der Waals surface area contributed by atoms with Crippen molar-refractivity contribution in [2.24, 2.45) is 0 Å². The van der Waals surface area contributed by atoms with Gasteiger partial charge < -0.3 is 5.32 Å². The number of benzene rings is 1. The van der Waals surface area contributed by atoms with Gasteiger partial charge in [0, 0.05) is 31.4 Å². The fourth-order valence-corrected chi connectivity index (χ4v) is 3.83. The normalized spacial score (nSPS) is 17.9. The zero-order valence-electron chi connectivity index (χ0n) is 15.8. The van der Waals surface area contributed by atoms with E-state index in [4.69, 9.17) is 0 Å². The third-order valence-corrected chi connectivity index (χ3v) is 5.46. The van der Waals surface area contributed by atoms with Crippen LogP contribution in [0.3, 0.4) is 0 Å². The van der Waals surface area contributed by atoms with Gasteiger partial charge in [0.05, 0.1) is 0 Å². The number of pyridine rings is 1. The predicted molar refractivity (Wildman–Crippen MR) is 109 cm³/mol. The maximum absolute atomic E-state index is 12.3. The van der Waals surface area contributed by atoms with Crippen LogP contribution >= 0.6 is 0 Å². The number of likely N-dealkylation sites (tertiary alicyclic amines) is 1. The Morgan fingerprint density at radius 3 is 2.78 bits per heavy atom. The van der Waals surface area contributed by atoms with E-state index in [1.807, 2.05) is 18.2 Å². The summed E-state index contributed by atoms with van der Waals surface area (Å²) in [7, 11) is 0. The average molecular weight is 362 g/mol. The maximum atomic E-state index is 12.3. The smallest absolute Gasteiger partial charge is 0.259 e. The van der Waals surface area contributed by atoms with E-state index in [0.717, 1.165) is 6.54 Å². The maximum Gasteiger partial charge on any atom is 0.259 e. The number of piperidine rings is 1. The van der Waals surface area contributed by atoms with Crippen LogP contribution in [0.4, 0.5) is 5.82 Å². The van der Waals surface area contributed by atoms with Crippen molar-refractivity contribution < 1.29 is 0 Å². The van der Waals surface area contributed by atoms with E-state index in [1.165, 1.54) is 36.9 Å². The molecule has 0 amide bonds. The van der Waals surface area contributed by atoms with E-state index in [-0.39, 0.29) is 5.56 Å². The molecule has 5 heteroatoms. The SMILES string of the molecule is CC1CCCCN1Cc1ccccc1CNc1cc(=O)n2ccccc2n1. The number of aromatic nitrogens is 2. The minimum atomic E-state index is -0.0708. The molecule has 1 unspecified atom stereocenters. The van der Waals surface area contributed by atoms with Crippen molar-refractivity contribution >= 4 is 11.5 Å². The summed E-state index contributed by atoms with van der Waals surface area (Å²) >= 11 is 0. The van der Waals surface area contributed by atoms with E-state index < -0.39 is 0 Å². The first-order chi connectivity index (χ1) is 13.2. The lowest BCUT2D eigenvalue weighted by Gasteiger charge is -2.33. The Balaban J connectivity index is 1.51. The molecule has 5 nitrogen and oxygen atoms in total. The molecule has 0 spiro atoms. The van der Waals surface area contributed by atoms with Crippen molar-refractivity contribution in [2.75, 3.05) is 11.9 Å². The van der Waals surface area contributed by atoms with Crippen LogP contribution in [0.15, 0.2) is 59.5 Å². The Kier molecular flexibility index (Phi) is 5.21. The zero-order valence-corrected chi connectivity index (χ0v) is 15.8. The topological polar surface area (TPSA) is 49.6 Å². The molecule has 27 heavy (non-hydrogen) atoms. The average Bonchev–Trinajstić information content (AvgIpc) is 2.69. The van der Waals surface area contributed by atoms with Crippen LogP contribution in [0.1, 0.15) is 37.3 Å². The standard InChI is InChI=1S/C22H26N4O/c1-17-8-4-6-12-25(17)16-19-10-3-2-9-18(19)15-23-20-14-22(27)26-13-7-5-11-21(26)24-20/h2-3,5,7,9-11,13-14,17,23H,4,6,8,12,15-16H2,1H3. The van der Waals surface area contributed by atoms with E-state index in [0.29, 0.717) is 24.1 Å². The van der Waals surface area contributed by atoms with Gasteiger partial charge in [0.15, 0.2) is 0 Å². The van der Waals surface area contributed by atoms with Gasteiger partial charge in [-0.3, -0.25) is 14.1 Å². The Morgan fingerprint density at radius 2 is 1.93 bits per heavy atom. The van der Waals surface area contributed by atoms with Gasteiger partial charge in [0.2, 0.25) is 0 Å². The van der Waals surface area contributed by atoms with Gasteiger partial charge in [0.1, 0.15) is 11.5 Å². The fraction of sp³-hybridized carbons (Fsp3) is 0.364. The van der Waals surface area contributed by atoms with Gasteiger partial charge in [0.25, 0.3) is 5.56 Å². The summed E-state index contributed by atoms with van der Waals surface area (Å²) in [6.45, 7) is 5.14. The molecule has 1 aromatic carbocycles. The molecule has 1 aliphatic rings. The number of hydrogen-bond donors (Lipinski definition) is 1. The molecule has 0 radical (unpaired) electrons. The van der Waals surface area contributed by atoms with E-state index in [1.54, 1.807) is 16.7 Å². The monoisotopic (exact) mass is 362 g/mol. The Hall–Kier alpha value is -2.66. The highest BCUT2D eigenvalue weighted by Crippen LogP contribution is 2.21. The Bertz CT molecular complexity index is 981. The van der Waals surface area contributed by atoms with Gasteiger partial charge in [-0.05, 0) is 49.6 Å². The van der Waals surface area contributed by atoms with Crippen LogP contribution in [0, 0.1) is 0 Å². The fourth-order valence-electron chi connectivity index (χ4n) is 3.83. The highest BCUT2D eigenvalue weighted by atomic mass is 16.1. The van der Waals surface area contributed by atoms with Gasteiger partial charge in [-0.25, -0.2) is 4.98 Å². The molecule has 3 heterocycles. The number of rotatable bonds is 5. The molecule has 1 N–H and O–H groups in total. The van der Waals surface area contributed by atoms with Gasteiger partial charge in [-0.1, -0.05) is 36.8 Å². The van der Waals surface area contributed by atoms with Crippen LogP contribution in [0.25, 0.3) is 5.65 Å². The summed E-state index contributed by atoms with van der Waals surface area (Å²) < 4.78 is 1.55. The van der Waals surface area contributed by atoms with Crippen LogP contribution in [-0.4, -0.2) is 26.9 Å². The summed E-state index contributed by atoms with van der Waals surface area (Å²) in [5.74, 6) is 0.618. The highest BCUT2D eigenvalue weighted by Gasteiger charge is 2.19. The number of nitrogens with one attached hydrogen (secondary N) is 1. The quantitative estimate of drug-likeness (QED) is 0.752. The lowest BCUT2D eigenvalue weighted by Crippen LogP contribution is -2.37. The number of fused-ring (bicyclic) bond motifs is 1. The molecule has 0 bridgehead atoms. The molecule has 2 aromatic heterocycles. The second-order valence-corrected chi connectivity index (χ2v) is 7.35. The Morgan fingerprint density at radius 1 is 1.11 bits per heavy atom. The van der Waals surface area contributed by atoms with E-state index in [9.17, 15) is 4.79 Å². The number of hydrogen-bond acceptors (Lipinski definition) is 4. The van der Waals surface area contributed by atoms with Crippen molar-refractivity contribution in [2.45, 2.75) is 45.3 Å². The second-order valence-electron chi connectivity index (χ2n) is 7.35. The lowest BCUT2D eigenvalue weighted by molar-refractivity contribution is 0.152. The first-order valence-corrected chi connectivity index (χ1v) is 9.74. The zero-order chi connectivity index (χ0) is 18.6. The molecular weight excluding hydrogens is 336 g/mol. The number of anilines is 1. The van der Waals surface area contributed by atoms with Crippen molar-refractivity contribution in [1.29, 1.82) is 0 Å². The third kappa shape index (κ3) is 4.03. The predicted octanol–water partition coefficient (Wildman–Crippen LogP) is 3.68. The molecule has 1 aliphatic heterocycles. The molecular formula is C22H26N4O. The highest BCUT2D eigenvalue weighted by molar-refractivity contribution is 5.47. The molecule has 4 rings (SSSR count). The molecule has 1 atom stereocenters. The summed E-state index contributed by atoms with van der Waals surface area (Å²) in [4.78, 5) is 19.4. The Labute approximate surface area is 159 Å². The van der Waals surface area contributed by atoms with E-state index in [2.05, 4.69) is 46.4 Å². The second kappa shape index (κ2) is 7.92. The first-order valence-electron chi connectivity index (χ1n) is 9.74. The number of nitrogens with zero attached hydrogens (tertiary/aromatic N) is 3. The largest absolute Gasteiger partial charge is 0.366 e. The summed E-state index contributed by atoms with van der Waals surface area (Å²) in [5.41, 5.74) is 3.18. The van der Waals surface area contributed by atoms with Crippen LogP contribution in [0.2, 0.25) is 0 Å². The van der Waals surface area contributed by atoms with Crippen molar-refractivity contribution in [3.63, 3.8) is 0 Å². The summed E-state index contributed by atoms with van der Waals surface area (Å²) in [6, 6.07) is 16.3. The molecule has 3 aromatic rings. The van der Waals surface area contributed by atoms with Gasteiger partial charge >= 0.3 is 0 Å². The molecule has 0 saturated carbocycles. The first kappa shape index (κ1) is 17.7. The van der Waals surface area contributed by atoms with Crippen molar-refractivity contribution in [3.8, 4) is 0 Å². The molecule has 0 aliphatic carbocycles. The van der Waals surface area contributed by atoms with Crippen LogP contribution < -0.4 is 10.9 Å². The van der Waals surface area contributed by atoms with E-state index >= 15 is 0 Å². The van der Waals surface area contributed by atoms with Crippen LogP contribution in [0.5, 0.6) is 0 Å².